The molecule has 0 rings (SSSR count). The monoisotopic (exact) mass is 143 g/mol. The number of hydrogen-bond donors (Lipinski definition) is 0. The standard InChI is InChI=1S/C9H21N/c1-5-7-10(6-2)8-9(3)4/h9H,5-8H2,1-4H3. The summed E-state index contributed by atoms with van der Waals surface area (Å²) in [5.74, 6) is 0.812. The van der Waals surface area contributed by atoms with Crippen molar-refractivity contribution in [2.75, 3.05) is 19.6 Å². The molecule has 0 fully saturated rings. The van der Waals surface area contributed by atoms with Gasteiger partial charge in [0.25, 0.3) is 0 Å². The van der Waals surface area contributed by atoms with E-state index in [0.717, 1.165) is 5.92 Å². The number of hydrogen-bond acceptors (Lipinski definition) is 1. The molecule has 0 heterocycles. The Kier molecular flexibility index (Phi) is 5.70. The molecule has 0 unspecified atom stereocenters. The van der Waals surface area contributed by atoms with Crippen molar-refractivity contribution < 1.29 is 0 Å². The van der Waals surface area contributed by atoms with Crippen LogP contribution in [-0.2, 0) is 0 Å². The van der Waals surface area contributed by atoms with Crippen molar-refractivity contribution in [3.8, 4) is 0 Å². The molecule has 0 aliphatic carbocycles. The van der Waals surface area contributed by atoms with E-state index in [0.29, 0.717) is 0 Å². The summed E-state index contributed by atoms with van der Waals surface area (Å²) >= 11 is 0. The molecule has 0 amide bonds. The van der Waals surface area contributed by atoms with Gasteiger partial charge in [-0.05, 0) is 25.4 Å². The highest BCUT2D eigenvalue weighted by atomic mass is 15.1. The summed E-state index contributed by atoms with van der Waals surface area (Å²) < 4.78 is 0. The SMILES string of the molecule is CCCN(CC)CC(C)C. The van der Waals surface area contributed by atoms with Crippen molar-refractivity contribution in [1.29, 1.82) is 0 Å². The number of rotatable bonds is 5. The molecule has 1 nitrogen and oxygen atoms in total. The van der Waals surface area contributed by atoms with Crippen molar-refractivity contribution in [3.63, 3.8) is 0 Å². The minimum absolute atomic E-state index is 0.812. The maximum absolute atomic E-state index is 2.50. The molecule has 0 aliphatic rings. The van der Waals surface area contributed by atoms with Crippen LogP contribution in [-0.4, -0.2) is 24.5 Å². The van der Waals surface area contributed by atoms with Crippen LogP contribution >= 0.6 is 0 Å². The van der Waals surface area contributed by atoms with Crippen molar-refractivity contribution >= 4 is 0 Å². The third kappa shape index (κ3) is 4.80. The van der Waals surface area contributed by atoms with Crippen LogP contribution in [0.5, 0.6) is 0 Å². The predicted molar refractivity (Wildman–Crippen MR) is 47.2 cm³/mol. The van der Waals surface area contributed by atoms with Gasteiger partial charge in [-0.15, -0.1) is 0 Å². The molecule has 1 heteroatoms. The van der Waals surface area contributed by atoms with E-state index in [9.17, 15) is 0 Å². The van der Waals surface area contributed by atoms with Crippen LogP contribution in [0, 0.1) is 5.92 Å². The van der Waals surface area contributed by atoms with E-state index in [1.807, 2.05) is 0 Å². The molecule has 0 aromatic rings. The second-order valence-corrected chi connectivity index (χ2v) is 3.29. The Morgan fingerprint density at radius 1 is 1.20 bits per heavy atom. The van der Waals surface area contributed by atoms with E-state index in [4.69, 9.17) is 0 Å². The van der Waals surface area contributed by atoms with Gasteiger partial charge in [-0.3, -0.25) is 0 Å². The van der Waals surface area contributed by atoms with Crippen LogP contribution in [0.1, 0.15) is 34.1 Å². The van der Waals surface area contributed by atoms with Gasteiger partial charge in [-0.1, -0.05) is 27.7 Å². The van der Waals surface area contributed by atoms with E-state index in [2.05, 4.69) is 32.6 Å². The normalized spacial score (nSPS) is 11.4. The van der Waals surface area contributed by atoms with Crippen LogP contribution in [0.15, 0.2) is 0 Å². The topological polar surface area (TPSA) is 3.24 Å². The summed E-state index contributed by atoms with van der Waals surface area (Å²) in [6, 6.07) is 0. The van der Waals surface area contributed by atoms with Gasteiger partial charge in [0, 0.05) is 6.54 Å². The molecule has 0 aromatic heterocycles. The van der Waals surface area contributed by atoms with Crippen LogP contribution in [0.3, 0.4) is 0 Å². The van der Waals surface area contributed by atoms with E-state index >= 15 is 0 Å². The van der Waals surface area contributed by atoms with E-state index in [1.165, 1.54) is 26.1 Å². The summed E-state index contributed by atoms with van der Waals surface area (Å²) in [6.45, 7) is 12.7. The molecule has 0 radical (unpaired) electrons. The predicted octanol–water partition coefficient (Wildman–Crippen LogP) is 2.37. The summed E-state index contributed by atoms with van der Waals surface area (Å²) in [7, 11) is 0. The maximum atomic E-state index is 2.50. The van der Waals surface area contributed by atoms with Gasteiger partial charge in [0.2, 0.25) is 0 Å². The lowest BCUT2D eigenvalue weighted by Gasteiger charge is -2.21. The van der Waals surface area contributed by atoms with Crippen LogP contribution in [0.25, 0.3) is 0 Å². The average Bonchev–Trinajstić information content (AvgIpc) is 1.86. The van der Waals surface area contributed by atoms with Crippen molar-refractivity contribution in [2.45, 2.75) is 34.1 Å². The van der Waals surface area contributed by atoms with Crippen molar-refractivity contribution in [1.82, 2.24) is 4.90 Å². The quantitative estimate of drug-likeness (QED) is 0.571. The maximum Gasteiger partial charge on any atom is 0.000426 e. The fourth-order valence-corrected chi connectivity index (χ4v) is 1.21. The zero-order valence-corrected chi connectivity index (χ0v) is 7.85. The average molecular weight is 143 g/mol. The lowest BCUT2D eigenvalue weighted by Crippen LogP contribution is -2.28. The summed E-state index contributed by atoms with van der Waals surface area (Å²) in [5.41, 5.74) is 0. The molecule has 10 heavy (non-hydrogen) atoms. The molecule has 0 aliphatic heterocycles. The molecule has 0 bridgehead atoms. The highest BCUT2D eigenvalue weighted by molar-refractivity contribution is 4.56. The van der Waals surface area contributed by atoms with Gasteiger partial charge in [0.1, 0.15) is 0 Å². The first-order valence-electron chi connectivity index (χ1n) is 4.43. The van der Waals surface area contributed by atoms with Gasteiger partial charge in [0.05, 0.1) is 0 Å². The second-order valence-electron chi connectivity index (χ2n) is 3.29. The zero-order valence-electron chi connectivity index (χ0n) is 7.85. The van der Waals surface area contributed by atoms with Gasteiger partial charge >= 0.3 is 0 Å². The fourth-order valence-electron chi connectivity index (χ4n) is 1.21. The minimum atomic E-state index is 0.812. The molecule has 0 N–H and O–H groups in total. The molecule has 0 saturated carbocycles. The Balaban J connectivity index is 3.39. The summed E-state index contributed by atoms with van der Waals surface area (Å²) in [5, 5.41) is 0. The molecule has 0 aromatic carbocycles. The van der Waals surface area contributed by atoms with E-state index < -0.39 is 0 Å². The molecular formula is C9H21N. The second kappa shape index (κ2) is 5.72. The van der Waals surface area contributed by atoms with Crippen LogP contribution in [0.2, 0.25) is 0 Å². The third-order valence-corrected chi connectivity index (χ3v) is 1.61. The van der Waals surface area contributed by atoms with Gasteiger partial charge in [-0.2, -0.15) is 0 Å². The third-order valence-electron chi connectivity index (χ3n) is 1.61. The van der Waals surface area contributed by atoms with Crippen LogP contribution in [0.4, 0.5) is 0 Å². The smallest absolute Gasteiger partial charge is 0.000426 e. The lowest BCUT2D eigenvalue weighted by molar-refractivity contribution is 0.257. The van der Waals surface area contributed by atoms with Crippen molar-refractivity contribution in [2.24, 2.45) is 5.92 Å². The Morgan fingerprint density at radius 2 is 1.80 bits per heavy atom. The fraction of sp³-hybridized carbons (Fsp3) is 1.00. The number of nitrogens with zero attached hydrogens (tertiary/aromatic N) is 1. The van der Waals surface area contributed by atoms with Gasteiger partial charge < -0.3 is 4.90 Å². The Hall–Kier alpha value is -0.0400. The summed E-state index contributed by atoms with van der Waals surface area (Å²) in [6.07, 6.45) is 1.28. The Bertz CT molecular complexity index is 69.1. The van der Waals surface area contributed by atoms with Crippen LogP contribution < -0.4 is 0 Å². The molecule has 0 saturated heterocycles. The zero-order chi connectivity index (χ0) is 7.98. The summed E-state index contributed by atoms with van der Waals surface area (Å²) in [4.78, 5) is 2.50. The van der Waals surface area contributed by atoms with Gasteiger partial charge in [-0.25, -0.2) is 0 Å². The molecule has 62 valence electrons. The largest absolute Gasteiger partial charge is 0.303 e. The Labute approximate surface area is 65.4 Å². The first-order chi connectivity index (χ1) is 4.70. The van der Waals surface area contributed by atoms with Gasteiger partial charge in [0.15, 0.2) is 0 Å². The molecule has 0 spiro atoms. The first kappa shape index (κ1) is 9.96. The molecule has 0 atom stereocenters. The first-order valence-corrected chi connectivity index (χ1v) is 4.43. The lowest BCUT2D eigenvalue weighted by atomic mass is 10.2. The van der Waals surface area contributed by atoms with E-state index in [1.54, 1.807) is 0 Å². The highest BCUT2D eigenvalue weighted by Crippen LogP contribution is 1.98. The molecular weight excluding hydrogens is 122 g/mol. The van der Waals surface area contributed by atoms with E-state index in [-0.39, 0.29) is 0 Å². The highest BCUT2D eigenvalue weighted by Gasteiger charge is 2.01. The Morgan fingerprint density at radius 3 is 2.10 bits per heavy atom. The minimum Gasteiger partial charge on any atom is -0.303 e. The van der Waals surface area contributed by atoms with Crippen molar-refractivity contribution in [3.05, 3.63) is 0 Å².